The second kappa shape index (κ2) is 6.61. The number of allylic oxidation sites excluding steroid dienone is 7. The quantitative estimate of drug-likeness (QED) is 0.719. The van der Waals surface area contributed by atoms with Gasteiger partial charge in [0, 0.05) is 11.1 Å². The van der Waals surface area contributed by atoms with Crippen LogP contribution in [-0.4, -0.2) is 17.8 Å². The number of thioether (sulfide) groups is 2. The summed E-state index contributed by atoms with van der Waals surface area (Å²) in [7, 11) is 0. The molecule has 0 heterocycles. The molecule has 0 atom stereocenters. The van der Waals surface area contributed by atoms with Gasteiger partial charge < -0.3 is 0 Å². The number of carbonyl (C=O) groups is 2. The average Bonchev–Trinajstić information content (AvgIpc) is 2.36. The lowest BCUT2D eigenvalue weighted by atomic mass is 9.96. The van der Waals surface area contributed by atoms with Gasteiger partial charge in [0.15, 0.2) is 0 Å². The van der Waals surface area contributed by atoms with Crippen LogP contribution in [0.15, 0.2) is 57.8 Å². The van der Waals surface area contributed by atoms with Crippen molar-refractivity contribution in [2.75, 3.05) is 6.26 Å². The maximum Gasteiger partial charge on any atom is 0.201 e. The number of hydrogen-bond acceptors (Lipinski definition) is 4. The molecule has 0 radical (unpaired) electrons. The highest BCUT2D eigenvalue weighted by atomic mass is 32.2. The van der Waals surface area contributed by atoms with Crippen molar-refractivity contribution in [3.8, 4) is 0 Å². The monoisotopic (exact) mass is 278 g/mol. The molecule has 4 heteroatoms. The molecule has 1 aliphatic carbocycles. The lowest BCUT2D eigenvalue weighted by molar-refractivity contribution is -0.115. The van der Waals surface area contributed by atoms with Gasteiger partial charge in [0.2, 0.25) is 11.6 Å². The fraction of sp³-hybridized carbons (Fsp3) is 0.143. The molecule has 0 spiro atoms. The summed E-state index contributed by atoms with van der Waals surface area (Å²) in [4.78, 5) is 25.5. The Labute approximate surface area is 116 Å². The normalized spacial score (nSPS) is 16.8. The Kier molecular flexibility index (Phi) is 5.44. The van der Waals surface area contributed by atoms with Crippen LogP contribution in [0.2, 0.25) is 0 Å². The largest absolute Gasteiger partial charge is 0.288 e. The minimum absolute atomic E-state index is 0.142. The molecule has 0 N–H and O–H groups in total. The number of carbonyl (C=O) groups excluding carboxylic acids is 2. The number of Topliss-reactive ketones (excluding diaryl/α,β-unsaturated/α-hetero) is 2. The van der Waals surface area contributed by atoms with E-state index in [9.17, 15) is 9.59 Å². The van der Waals surface area contributed by atoms with E-state index in [2.05, 4.69) is 13.2 Å². The Morgan fingerprint density at radius 1 is 1.06 bits per heavy atom. The van der Waals surface area contributed by atoms with E-state index in [0.29, 0.717) is 21.0 Å². The molecule has 0 saturated heterocycles. The summed E-state index contributed by atoms with van der Waals surface area (Å²) in [6.07, 6.45) is 6.66. The van der Waals surface area contributed by atoms with Crippen LogP contribution in [0.5, 0.6) is 0 Å². The molecule has 0 fully saturated rings. The molecule has 94 valence electrons. The van der Waals surface area contributed by atoms with Crippen molar-refractivity contribution in [2.24, 2.45) is 0 Å². The summed E-state index contributed by atoms with van der Waals surface area (Å²) in [5.74, 6) is -0.286. The number of ketones is 2. The summed E-state index contributed by atoms with van der Waals surface area (Å²) < 4.78 is 0. The van der Waals surface area contributed by atoms with Crippen molar-refractivity contribution in [2.45, 2.75) is 6.92 Å². The van der Waals surface area contributed by atoms with Crippen LogP contribution in [-0.2, 0) is 9.59 Å². The number of hydrogen-bond donors (Lipinski definition) is 0. The van der Waals surface area contributed by atoms with Crippen LogP contribution in [0.3, 0.4) is 0 Å². The van der Waals surface area contributed by atoms with Crippen LogP contribution < -0.4 is 0 Å². The first kappa shape index (κ1) is 14.8. The summed E-state index contributed by atoms with van der Waals surface area (Å²) in [5.41, 5.74) is 0.812. The molecule has 1 rings (SSSR count). The van der Waals surface area contributed by atoms with E-state index >= 15 is 0 Å². The minimum Gasteiger partial charge on any atom is -0.288 e. The molecular weight excluding hydrogens is 264 g/mol. The van der Waals surface area contributed by atoms with E-state index in [0.717, 1.165) is 11.8 Å². The Hall–Kier alpha value is -1.26. The summed E-state index contributed by atoms with van der Waals surface area (Å²) in [5, 5.41) is 1.54. The van der Waals surface area contributed by atoms with E-state index < -0.39 is 0 Å². The fourth-order valence-electron chi connectivity index (χ4n) is 1.60. The van der Waals surface area contributed by atoms with Crippen molar-refractivity contribution < 1.29 is 9.59 Å². The van der Waals surface area contributed by atoms with Crippen LogP contribution in [0.4, 0.5) is 0 Å². The highest BCUT2D eigenvalue weighted by Crippen LogP contribution is 2.36. The third kappa shape index (κ3) is 2.60. The predicted molar refractivity (Wildman–Crippen MR) is 80.4 cm³/mol. The Morgan fingerprint density at radius 3 is 2.11 bits per heavy atom. The van der Waals surface area contributed by atoms with Gasteiger partial charge in [0.05, 0.1) is 9.81 Å². The molecule has 2 nitrogen and oxygen atoms in total. The van der Waals surface area contributed by atoms with Crippen molar-refractivity contribution in [3.63, 3.8) is 0 Å². The first-order chi connectivity index (χ1) is 8.62. The van der Waals surface area contributed by atoms with Crippen molar-refractivity contribution in [3.05, 3.63) is 57.8 Å². The van der Waals surface area contributed by atoms with Gasteiger partial charge in [-0.3, -0.25) is 9.59 Å². The topological polar surface area (TPSA) is 34.1 Å². The minimum atomic E-state index is -0.144. The Morgan fingerprint density at radius 2 is 1.67 bits per heavy atom. The second-order valence-corrected chi connectivity index (χ2v) is 5.13. The van der Waals surface area contributed by atoms with E-state index in [1.54, 1.807) is 23.8 Å². The van der Waals surface area contributed by atoms with Gasteiger partial charge in [-0.05, 0) is 18.6 Å². The molecule has 0 aromatic rings. The van der Waals surface area contributed by atoms with Gasteiger partial charge in [0.25, 0.3) is 0 Å². The third-order valence-corrected chi connectivity index (χ3v) is 3.95. The van der Waals surface area contributed by atoms with E-state index in [-0.39, 0.29) is 11.6 Å². The van der Waals surface area contributed by atoms with Gasteiger partial charge in [-0.15, -0.1) is 11.8 Å². The van der Waals surface area contributed by atoms with E-state index in [4.69, 9.17) is 0 Å². The van der Waals surface area contributed by atoms with Gasteiger partial charge >= 0.3 is 0 Å². The summed E-state index contributed by atoms with van der Waals surface area (Å²) >= 11 is 2.45. The van der Waals surface area contributed by atoms with Gasteiger partial charge in [0.1, 0.15) is 0 Å². The van der Waals surface area contributed by atoms with Crippen LogP contribution in [0, 0.1) is 0 Å². The van der Waals surface area contributed by atoms with Crippen LogP contribution in [0.1, 0.15) is 6.92 Å². The highest BCUT2D eigenvalue weighted by Gasteiger charge is 2.31. The first-order valence-corrected chi connectivity index (χ1v) is 7.37. The predicted octanol–water partition coefficient (Wildman–Crippen LogP) is 3.65. The van der Waals surface area contributed by atoms with Crippen molar-refractivity contribution >= 4 is 35.1 Å². The maximum atomic E-state index is 12.3. The zero-order chi connectivity index (χ0) is 13.7. The Bertz CT molecular complexity index is 508. The summed E-state index contributed by atoms with van der Waals surface area (Å²) in [6.45, 7) is 9.01. The first-order valence-electron chi connectivity index (χ1n) is 5.26. The van der Waals surface area contributed by atoms with Gasteiger partial charge in [-0.25, -0.2) is 0 Å². The molecule has 0 aromatic carbocycles. The standard InChI is InChI=1S/C14H14O2S2/c1-5-8-10-12(16)14(18-7-3)9(6-2)11(15)13(10)17-4/h5-8H,2-3H2,1,4H3/b8-5-. The third-order valence-electron chi connectivity index (χ3n) is 2.33. The second-order valence-electron chi connectivity index (χ2n) is 3.34. The molecule has 1 aliphatic rings. The molecule has 0 bridgehead atoms. The van der Waals surface area contributed by atoms with Gasteiger partial charge in [-0.1, -0.05) is 43.1 Å². The lowest BCUT2D eigenvalue weighted by Crippen LogP contribution is -2.19. The lowest BCUT2D eigenvalue weighted by Gasteiger charge is -2.18. The highest BCUT2D eigenvalue weighted by molar-refractivity contribution is 8.07. The van der Waals surface area contributed by atoms with Crippen molar-refractivity contribution in [1.29, 1.82) is 0 Å². The smallest absolute Gasteiger partial charge is 0.201 e. The van der Waals surface area contributed by atoms with Crippen molar-refractivity contribution in [1.82, 2.24) is 0 Å². The Balaban J connectivity index is 3.47. The zero-order valence-electron chi connectivity index (χ0n) is 10.4. The fourth-order valence-corrected chi connectivity index (χ4v) is 2.96. The molecule has 0 aromatic heterocycles. The van der Waals surface area contributed by atoms with E-state index in [1.165, 1.54) is 17.8 Å². The van der Waals surface area contributed by atoms with Crippen LogP contribution >= 0.6 is 23.5 Å². The number of rotatable bonds is 5. The van der Waals surface area contributed by atoms with Gasteiger partial charge in [-0.2, -0.15) is 0 Å². The summed E-state index contributed by atoms with van der Waals surface area (Å²) in [6, 6.07) is 0. The molecular formula is C14H14O2S2. The molecule has 0 unspecified atom stereocenters. The van der Waals surface area contributed by atoms with Crippen LogP contribution in [0.25, 0.3) is 0 Å². The maximum absolute atomic E-state index is 12.3. The van der Waals surface area contributed by atoms with E-state index in [1.807, 2.05) is 6.92 Å². The molecule has 18 heavy (non-hydrogen) atoms. The zero-order valence-corrected chi connectivity index (χ0v) is 12.0. The average molecular weight is 278 g/mol. The molecule has 0 amide bonds. The SMILES string of the molecule is C=CSC1=C(C=C)C(=O)C(SC)=C(/C=C\C)C1=O. The molecule has 0 saturated carbocycles. The molecule has 0 aliphatic heterocycles.